The van der Waals surface area contributed by atoms with E-state index in [-0.39, 0.29) is 21.7 Å². The summed E-state index contributed by atoms with van der Waals surface area (Å²) in [5.41, 5.74) is 12.8. The number of nitrogen functional groups attached to an aromatic ring is 2. The van der Waals surface area contributed by atoms with Gasteiger partial charge in [-0.2, -0.15) is 4.98 Å². The first-order chi connectivity index (χ1) is 10.5. The predicted molar refractivity (Wildman–Crippen MR) is 83.3 cm³/mol. The van der Waals surface area contributed by atoms with Crippen LogP contribution in [0.3, 0.4) is 0 Å². The van der Waals surface area contributed by atoms with Gasteiger partial charge in [0.05, 0.1) is 9.94 Å². The number of carbonyl (C=O) groups is 1. The minimum Gasteiger partial charge on any atom is -0.478 e. The van der Waals surface area contributed by atoms with E-state index >= 15 is 0 Å². The molecule has 0 aliphatic carbocycles. The summed E-state index contributed by atoms with van der Waals surface area (Å²) in [5, 5.41) is 9.99. The normalized spacial score (nSPS) is 17.2. The zero-order chi connectivity index (χ0) is 15.9. The molecular formula is C13H10ClN5O2S. The molecule has 7 nitrogen and oxygen atoms in total. The van der Waals surface area contributed by atoms with E-state index < -0.39 is 11.9 Å². The van der Waals surface area contributed by atoms with Gasteiger partial charge in [-0.05, 0) is 17.7 Å². The molecule has 22 heavy (non-hydrogen) atoms. The van der Waals surface area contributed by atoms with Crippen LogP contribution in [0.15, 0.2) is 39.5 Å². The molecule has 0 saturated carbocycles. The number of aromatic nitrogens is 3. The summed E-state index contributed by atoms with van der Waals surface area (Å²) in [6.45, 7) is 0. The van der Waals surface area contributed by atoms with Gasteiger partial charge in [0.2, 0.25) is 5.95 Å². The van der Waals surface area contributed by atoms with Crippen molar-refractivity contribution in [2.45, 2.75) is 10.9 Å². The predicted octanol–water partition coefficient (Wildman–Crippen LogP) is 1.81. The number of thioether (sulfide) groups is 1. The second kappa shape index (κ2) is 5.47. The van der Waals surface area contributed by atoms with Gasteiger partial charge in [0, 0.05) is 23.9 Å². The Balaban J connectivity index is 2.30. The highest BCUT2D eigenvalue weighted by atomic mass is 35.5. The number of hydrogen-bond donors (Lipinski definition) is 3. The van der Waals surface area contributed by atoms with Crippen LogP contribution in [-0.2, 0) is 4.79 Å². The number of anilines is 2. The lowest BCUT2D eigenvalue weighted by molar-refractivity contribution is -0.132. The van der Waals surface area contributed by atoms with Crippen LogP contribution in [0.1, 0.15) is 17.0 Å². The van der Waals surface area contributed by atoms with Gasteiger partial charge < -0.3 is 16.6 Å². The number of pyridine rings is 1. The highest BCUT2D eigenvalue weighted by molar-refractivity contribution is 8.04. The summed E-state index contributed by atoms with van der Waals surface area (Å²) in [7, 11) is 0. The molecule has 1 atom stereocenters. The summed E-state index contributed by atoms with van der Waals surface area (Å²) >= 11 is 7.17. The van der Waals surface area contributed by atoms with E-state index in [1.807, 2.05) is 0 Å². The van der Waals surface area contributed by atoms with Crippen LogP contribution in [0.4, 0.5) is 11.8 Å². The van der Waals surface area contributed by atoms with E-state index in [9.17, 15) is 9.90 Å². The number of fused-ring (bicyclic) bond motifs is 1. The van der Waals surface area contributed by atoms with Gasteiger partial charge in [0.25, 0.3) is 0 Å². The monoisotopic (exact) mass is 335 g/mol. The summed E-state index contributed by atoms with van der Waals surface area (Å²) in [4.78, 5) is 23.7. The van der Waals surface area contributed by atoms with E-state index in [1.54, 1.807) is 24.5 Å². The van der Waals surface area contributed by atoms with Crippen molar-refractivity contribution in [1.29, 1.82) is 0 Å². The molecular weight excluding hydrogens is 326 g/mol. The Labute approximate surface area is 134 Å². The number of nitrogens with two attached hydrogens (primary N) is 2. The number of halogens is 1. The van der Waals surface area contributed by atoms with Gasteiger partial charge >= 0.3 is 5.97 Å². The van der Waals surface area contributed by atoms with Crippen LogP contribution < -0.4 is 11.5 Å². The Bertz CT molecular complexity index is 797. The molecule has 0 unspecified atom stereocenters. The summed E-state index contributed by atoms with van der Waals surface area (Å²) < 4.78 is 0.124. The molecule has 5 N–H and O–H groups in total. The van der Waals surface area contributed by atoms with Crippen LogP contribution in [0.5, 0.6) is 0 Å². The zero-order valence-corrected chi connectivity index (χ0v) is 12.6. The highest BCUT2D eigenvalue weighted by Crippen LogP contribution is 2.49. The Morgan fingerprint density at radius 2 is 1.95 bits per heavy atom. The SMILES string of the molecule is Nc1nc(N)c2c(n1)SC(Cl)=C(C(=O)O)[C@H]2c1ccncc1. The molecule has 3 heterocycles. The maximum Gasteiger partial charge on any atom is 0.334 e. The van der Waals surface area contributed by atoms with Crippen LogP contribution in [-0.4, -0.2) is 26.0 Å². The maximum atomic E-state index is 11.7. The Hall–Kier alpha value is -2.32. The van der Waals surface area contributed by atoms with E-state index in [0.717, 1.165) is 11.8 Å². The van der Waals surface area contributed by atoms with Crippen LogP contribution in [0.2, 0.25) is 0 Å². The van der Waals surface area contributed by atoms with Gasteiger partial charge in [0.15, 0.2) is 0 Å². The Kier molecular flexibility index (Phi) is 3.63. The minimum absolute atomic E-state index is 0.0143. The molecule has 0 fully saturated rings. The molecule has 0 saturated heterocycles. The molecule has 0 amide bonds. The number of hydrogen-bond acceptors (Lipinski definition) is 7. The molecule has 3 rings (SSSR count). The van der Waals surface area contributed by atoms with Crippen molar-refractivity contribution >= 4 is 41.1 Å². The first-order valence-corrected chi connectivity index (χ1v) is 7.32. The van der Waals surface area contributed by atoms with Crippen molar-refractivity contribution in [3.63, 3.8) is 0 Å². The van der Waals surface area contributed by atoms with Gasteiger partial charge in [-0.1, -0.05) is 23.4 Å². The van der Waals surface area contributed by atoms with Crippen molar-refractivity contribution in [2.24, 2.45) is 0 Å². The van der Waals surface area contributed by atoms with Gasteiger partial charge in [-0.3, -0.25) is 4.98 Å². The van der Waals surface area contributed by atoms with Crippen LogP contribution >= 0.6 is 23.4 Å². The molecule has 0 aromatic carbocycles. The van der Waals surface area contributed by atoms with E-state index in [2.05, 4.69) is 15.0 Å². The maximum absolute atomic E-state index is 11.7. The second-order valence-corrected chi connectivity index (χ2v) is 6.10. The molecule has 9 heteroatoms. The lowest BCUT2D eigenvalue weighted by atomic mass is 9.86. The molecule has 1 aliphatic rings. The molecule has 0 spiro atoms. The van der Waals surface area contributed by atoms with Crippen LogP contribution in [0.25, 0.3) is 0 Å². The fourth-order valence-corrected chi connectivity index (χ4v) is 3.69. The van der Waals surface area contributed by atoms with Crippen molar-refractivity contribution < 1.29 is 9.90 Å². The first-order valence-electron chi connectivity index (χ1n) is 6.12. The fourth-order valence-electron chi connectivity index (χ4n) is 2.33. The third kappa shape index (κ3) is 2.36. The quantitative estimate of drug-likeness (QED) is 0.709. The summed E-state index contributed by atoms with van der Waals surface area (Å²) in [6.07, 6.45) is 3.14. The third-order valence-electron chi connectivity index (χ3n) is 3.20. The molecule has 0 radical (unpaired) electrons. The largest absolute Gasteiger partial charge is 0.478 e. The van der Waals surface area contributed by atoms with Crippen molar-refractivity contribution in [3.05, 3.63) is 45.6 Å². The second-order valence-electron chi connectivity index (χ2n) is 4.49. The fraction of sp³-hybridized carbons (Fsp3) is 0.0769. The number of carboxylic acid groups (broad SMARTS) is 1. The first kappa shape index (κ1) is 14.6. The van der Waals surface area contributed by atoms with Gasteiger partial charge in [-0.25, -0.2) is 9.78 Å². The zero-order valence-electron chi connectivity index (χ0n) is 11.0. The van der Waals surface area contributed by atoms with E-state index in [1.165, 1.54) is 0 Å². The minimum atomic E-state index is -1.12. The summed E-state index contributed by atoms with van der Waals surface area (Å²) in [6, 6.07) is 3.40. The molecule has 112 valence electrons. The van der Waals surface area contributed by atoms with Gasteiger partial charge in [-0.15, -0.1) is 0 Å². The number of rotatable bonds is 2. The highest BCUT2D eigenvalue weighted by Gasteiger charge is 2.36. The molecule has 1 aliphatic heterocycles. The standard InChI is InChI=1S/C13H10ClN5O2S/c14-9-7(12(20)21)6(5-1-3-17-4-2-5)8-10(15)18-13(16)19-11(8)22-9/h1-4,6H,(H,20,21)(H4,15,16,18,19)/t6-/m1/s1. The lowest BCUT2D eigenvalue weighted by Crippen LogP contribution is -2.20. The lowest BCUT2D eigenvalue weighted by Gasteiger charge is -2.26. The van der Waals surface area contributed by atoms with E-state index in [0.29, 0.717) is 16.2 Å². The average Bonchev–Trinajstić information content (AvgIpc) is 2.45. The molecule has 2 aromatic heterocycles. The Morgan fingerprint density at radius 3 is 2.59 bits per heavy atom. The third-order valence-corrected chi connectivity index (χ3v) is 4.54. The van der Waals surface area contributed by atoms with Crippen molar-refractivity contribution in [1.82, 2.24) is 15.0 Å². The van der Waals surface area contributed by atoms with Gasteiger partial charge in [0.1, 0.15) is 10.8 Å². The number of aliphatic carboxylic acids is 1. The van der Waals surface area contributed by atoms with E-state index in [4.69, 9.17) is 23.1 Å². The number of nitrogens with zero attached hydrogens (tertiary/aromatic N) is 3. The smallest absolute Gasteiger partial charge is 0.334 e. The number of carboxylic acids is 1. The van der Waals surface area contributed by atoms with Crippen LogP contribution in [0, 0.1) is 0 Å². The van der Waals surface area contributed by atoms with Crippen molar-refractivity contribution in [2.75, 3.05) is 11.5 Å². The Morgan fingerprint density at radius 1 is 1.27 bits per heavy atom. The summed E-state index contributed by atoms with van der Waals surface area (Å²) in [5.74, 6) is -1.65. The van der Waals surface area contributed by atoms with Crippen molar-refractivity contribution in [3.8, 4) is 0 Å². The molecule has 2 aromatic rings. The average molecular weight is 336 g/mol. The molecule has 0 bridgehead atoms. The topological polar surface area (TPSA) is 128 Å².